The Morgan fingerprint density at radius 1 is 1.50 bits per heavy atom. The van der Waals surface area contributed by atoms with Crippen molar-refractivity contribution in [1.82, 2.24) is 4.72 Å². The molecule has 0 radical (unpaired) electrons. The van der Waals surface area contributed by atoms with Gasteiger partial charge in [-0.2, -0.15) is 0 Å². The first kappa shape index (κ1) is 14.3. The zero-order valence-electron chi connectivity index (χ0n) is 8.32. The zero-order chi connectivity index (χ0) is 11.2. The third-order valence-electron chi connectivity index (χ3n) is 1.70. The molecule has 0 fully saturated rings. The molecular formula is C7H16ClNO3S2. The standard InChI is InChI=1S/C7H16ClNO3S2/c1-7(13(2)10)6-9-14(11,12)5-3-4-8/h7,9H,3-6H2,1-2H3. The summed E-state index contributed by atoms with van der Waals surface area (Å²) in [5.41, 5.74) is 0. The maximum atomic E-state index is 11.2. The molecule has 2 atom stereocenters. The Morgan fingerprint density at radius 2 is 2.07 bits per heavy atom. The van der Waals surface area contributed by atoms with Gasteiger partial charge in [-0.05, 0) is 13.3 Å². The smallest absolute Gasteiger partial charge is 0.211 e. The van der Waals surface area contributed by atoms with E-state index in [1.165, 1.54) is 0 Å². The molecule has 7 heteroatoms. The van der Waals surface area contributed by atoms with Crippen molar-refractivity contribution in [1.29, 1.82) is 0 Å². The van der Waals surface area contributed by atoms with Crippen molar-refractivity contribution in [3.63, 3.8) is 0 Å². The van der Waals surface area contributed by atoms with Crippen molar-refractivity contribution < 1.29 is 12.6 Å². The Bertz CT molecular complexity index is 279. The van der Waals surface area contributed by atoms with E-state index in [0.29, 0.717) is 12.3 Å². The molecule has 86 valence electrons. The molecule has 0 aromatic rings. The molecule has 0 heterocycles. The second kappa shape index (κ2) is 6.76. The number of alkyl halides is 1. The van der Waals surface area contributed by atoms with Crippen LogP contribution >= 0.6 is 11.6 Å². The van der Waals surface area contributed by atoms with Gasteiger partial charge in [-0.25, -0.2) is 13.1 Å². The van der Waals surface area contributed by atoms with Crippen molar-refractivity contribution in [2.45, 2.75) is 18.6 Å². The highest BCUT2D eigenvalue weighted by Gasteiger charge is 2.12. The van der Waals surface area contributed by atoms with E-state index in [4.69, 9.17) is 11.6 Å². The summed E-state index contributed by atoms with van der Waals surface area (Å²) in [7, 11) is -4.24. The topological polar surface area (TPSA) is 63.2 Å². The highest BCUT2D eigenvalue weighted by molar-refractivity contribution is 7.89. The van der Waals surface area contributed by atoms with Gasteiger partial charge in [-0.1, -0.05) is 0 Å². The molecule has 0 aliphatic heterocycles. The van der Waals surface area contributed by atoms with Crippen LogP contribution in [0.3, 0.4) is 0 Å². The number of hydrogen-bond acceptors (Lipinski definition) is 3. The van der Waals surface area contributed by atoms with Gasteiger partial charge in [-0.3, -0.25) is 4.21 Å². The van der Waals surface area contributed by atoms with E-state index < -0.39 is 20.8 Å². The van der Waals surface area contributed by atoms with Crippen LogP contribution < -0.4 is 4.72 Å². The van der Waals surface area contributed by atoms with Crippen molar-refractivity contribution in [2.24, 2.45) is 0 Å². The molecule has 2 unspecified atom stereocenters. The summed E-state index contributed by atoms with van der Waals surface area (Å²) in [5.74, 6) is 0.357. The highest BCUT2D eigenvalue weighted by atomic mass is 35.5. The van der Waals surface area contributed by atoms with Crippen LogP contribution in [0, 0.1) is 0 Å². The Balaban J connectivity index is 3.93. The fourth-order valence-electron chi connectivity index (χ4n) is 0.678. The lowest BCUT2D eigenvalue weighted by Crippen LogP contribution is -2.34. The number of halogens is 1. The van der Waals surface area contributed by atoms with E-state index in [9.17, 15) is 12.6 Å². The summed E-state index contributed by atoms with van der Waals surface area (Å²) < 4.78 is 35.8. The second-order valence-corrected chi connectivity index (χ2v) is 7.13. The molecule has 0 amide bonds. The largest absolute Gasteiger partial charge is 0.260 e. The lowest BCUT2D eigenvalue weighted by Gasteiger charge is -2.09. The molecule has 4 nitrogen and oxygen atoms in total. The van der Waals surface area contributed by atoms with E-state index >= 15 is 0 Å². The van der Waals surface area contributed by atoms with E-state index in [-0.39, 0.29) is 17.5 Å². The summed E-state index contributed by atoms with van der Waals surface area (Å²) in [4.78, 5) is 0. The van der Waals surface area contributed by atoms with Crippen molar-refractivity contribution >= 4 is 32.4 Å². The average Bonchev–Trinajstić information content (AvgIpc) is 2.11. The Hall–Kier alpha value is 0.350. The molecule has 0 aromatic heterocycles. The molecule has 14 heavy (non-hydrogen) atoms. The molecule has 0 saturated carbocycles. The minimum Gasteiger partial charge on any atom is -0.260 e. The van der Waals surface area contributed by atoms with Gasteiger partial charge in [0.1, 0.15) is 0 Å². The number of rotatable bonds is 7. The van der Waals surface area contributed by atoms with Gasteiger partial charge < -0.3 is 0 Å². The molecule has 0 bridgehead atoms. The van der Waals surface area contributed by atoms with Crippen molar-refractivity contribution in [3.8, 4) is 0 Å². The average molecular weight is 262 g/mol. The molecule has 0 aromatic carbocycles. The highest BCUT2D eigenvalue weighted by Crippen LogP contribution is 1.95. The molecule has 0 aliphatic rings. The Kier molecular flexibility index (Phi) is 6.93. The maximum Gasteiger partial charge on any atom is 0.211 e. The SMILES string of the molecule is CC(CNS(=O)(=O)CCCCl)S(C)=O. The number of nitrogens with one attached hydrogen (secondary N) is 1. The first-order valence-electron chi connectivity index (χ1n) is 4.24. The van der Waals surface area contributed by atoms with Crippen molar-refractivity contribution in [2.75, 3.05) is 24.4 Å². The van der Waals surface area contributed by atoms with Crippen LogP contribution in [-0.2, 0) is 20.8 Å². The summed E-state index contributed by atoms with van der Waals surface area (Å²) >= 11 is 5.38. The van der Waals surface area contributed by atoms with Crippen LogP contribution in [0.2, 0.25) is 0 Å². The first-order valence-corrected chi connectivity index (χ1v) is 8.05. The molecule has 0 rings (SSSR count). The third-order valence-corrected chi connectivity index (χ3v) is 4.70. The predicted molar refractivity (Wildman–Crippen MR) is 60.7 cm³/mol. The minimum atomic E-state index is -3.24. The Labute approximate surface area is 92.9 Å². The third kappa shape index (κ3) is 6.75. The number of sulfonamides is 1. The van der Waals surface area contributed by atoms with E-state index in [1.807, 2.05) is 0 Å². The minimum absolute atomic E-state index is 0.0274. The van der Waals surface area contributed by atoms with Gasteiger partial charge in [0.2, 0.25) is 10.0 Å². The monoisotopic (exact) mass is 261 g/mol. The predicted octanol–water partition coefficient (Wildman–Crippen LogP) is 0.302. The summed E-state index contributed by atoms with van der Waals surface area (Å²) in [6, 6.07) is 0. The van der Waals surface area contributed by atoms with Gasteiger partial charge in [0.05, 0.1) is 5.75 Å². The zero-order valence-corrected chi connectivity index (χ0v) is 10.7. The van der Waals surface area contributed by atoms with Gasteiger partial charge in [0.25, 0.3) is 0 Å². The molecule has 0 spiro atoms. The number of hydrogen-bond donors (Lipinski definition) is 1. The van der Waals surface area contributed by atoms with Crippen LogP contribution in [0.1, 0.15) is 13.3 Å². The van der Waals surface area contributed by atoms with Gasteiger partial charge >= 0.3 is 0 Å². The summed E-state index contributed by atoms with van der Waals surface area (Å²) in [6.45, 7) is 1.95. The summed E-state index contributed by atoms with van der Waals surface area (Å²) in [6.07, 6.45) is 1.98. The van der Waals surface area contributed by atoms with Gasteiger partial charge in [0, 0.05) is 34.7 Å². The molecule has 0 aliphatic carbocycles. The Morgan fingerprint density at radius 3 is 2.50 bits per heavy atom. The van der Waals surface area contributed by atoms with Crippen LogP contribution in [-0.4, -0.2) is 42.3 Å². The van der Waals surface area contributed by atoms with Gasteiger partial charge in [-0.15, -0.1) is 11.6 Å². The van der Waals surface area contributed by atoms with Gasteiger partial charge in [0.15, 0.2) is 0 Å². The molecule has 0 saturated heterocycles. The fourth-order valence-corrected chi connectivity index (χ4v) is 2.57. The lowest BCUT2D eigenvalue weighted by atomic mass is 10.5. The van der Waals surface area contributed by atoms with Crippen LogP contribution in [0.25, 0.3) is 0 Å². The first-order chi connectivity index (χ1) is 6.39. The molecule has 1 N–H and O–H groups in total. The second-order valence-electron chi connectivity index (χ2n) is 3.02. The van der Waals surface area contributed by atoms with E-state index in [2.05, 4.69) is 4.72 Å². The van der Waals surface area contributed by atoms with E-state index in [1.54, 1.807) is 13.2 Å². The quantitative estimate of drug-likeness (QED) is 0.671. The van der Waals surface area contributed by atoms with Crippen molar-refractivity contribution in [3.05, 3.63) is 0 Å². The normalized spacial score (nSPS) is 16.5. The van der Waals surface area contributed by atoms with Crippen LogP contribution in [0.15, 0.2) is 0 Å². The van der Waals surface area contributed by atoms with Crippen LogP contribution in [0.5, 0.6) is 0 Å². The lowest BCUT2D eigenvalue weighted by molar-refractivity contribution is 0.579. The van der Waals surface area contributed by atoms with E-state index in [0.717, 1.165) is 0 Å². The van der Waals surface area contributed by atoms with Crippen LogP contribution in [0.4, 0.5) is 0 Å². The molecular weight excluding hydrogens is 246 g/mol. The summed E-state index contributed by atoms with van der Waals surface area (Å²) in [5, 5.41) is -0.166. The maximum absolute atomic E-state index is 11.2. The fraction of sp³-hybridized carbons (Fsp3) is 1.00.